The van der Waals surface area contributed by atoms with Crippen molar-refractivity contribution in [1.29, 1.82) is 0 Å². The molecule has 0 aliphatic heterocycles. The zero-order valence-electron chi connectivity index (χ0n) is 11.5. The molecule has 1 N–H and O–H groups in total. The zero-order valence-corrected chi connectivity index (χ0v) is 12.3. The number of nitrogens with zero attached hydrogens (tertiary/aromatic N) is 1. The van der Waals surface area contributed by atoms with Crippen molar-refractivity contribution >= 4 is 10.0 Å². The minimum Gasteiger partial charge on any atom is -0.446 e. The fourth-order valence-corrected chi connectivity index (χ4v) is 3.14. The summed E-state index contributed by atoms with van der Waals surface area (Å²) in [5, 5.41) is 8.77. The summed E-state index contributed by atoms with van der Waals surface area (Å²) >= 11 is 0. The number of furan rings is 1. The van der Waals surface area contributed by atoms with E-state index in [4.69, 9.17) is 14.3 Å². The quantitative estimate of drug-likeness (QED) is 0.775. The molecular formula is C12H21NO5S. The van der Waals surface area contributed by atoms with Gasteiger partial charge in [-0.1, -0.05) is 13.8 Å². The third kappa shape index (κ3) is 4.31. The molecule has 0 aliphatic rings. The Labute approximate surface area is 114 Å². The van der Waals surface area contributed by atoms with E-state index in [-0.39, 0.29) is 29.9 Å². The first-order valence-corrected chi connectivity index (χ1v) is 7.54. The first-order chi connectivity index (χ1) is 8.91. The predicted octanol–water partition coefficient (Wildman–Crippen LogP) is 1.06. The Morgan fingerprint density at radius 2 is 2.11 bits per heavy atom. The molecule has 19 heavy (non-hydrogen) atoms. The molecule has 0 radical (unpaired) electrons. The normalized spacial score (nSPS) is 12.5. The van der Waals surface area contributed by atoms with Crippen LogP contribution in [0.4, 0.5) is 0 Å². The van der Waals surface area contributed by atoms with Crippen LogP contribution in [0.15, 0.2) is 21.6 Å². The average Bonchev–Trinajstić information content (AvgIpc) is 2.83. The van der Waals surface area contributed by atoms with Gasteiger partial charge >= 0.3 is 0 Å². The first kappa shape index (κ1) is 16.2. The van der Waals surface area contributed by atoms with E-state index in [2.05, 4.69) is 0 Å². The topological polar surface area (TPSA) is 80.0 Å². The average molecular weight is 291 g/mol. The fraction of sp³-hybridized carbons (Fsp3) is 0.667. The maximum Gasteiger partial charge on any atom is 0.276 e. The van der Waals surface area contributed by atoms with Gasteiger partial charge in [0.2, 0.25) is 5.09 Å². The SMILES string of the molecule is COCCN(CC(C)C)S(=O)(=O)c1ccc(CO)o1. The van der Waals surface area contributed by atoms with Crippen molar-refractivity contribution in [2.45, 2.75) is 25.5 Å². The van der Waals surface area contributed by atoms with Gasteiger partial charge in [0.15, 0.2) is 0 Å². The maximum absolute atomic E-state index is 12.4. The number of methoxy groups -OCH3 is 1. The van der Waals surface area contributed by atoms with Crippen molar-refractivity contribution in [3.8, 4) is 0 Å². The molecule has 6 nitrogen and oxygen atoms in total. The van der Waals surface area contributed by atoms with Crippen LogP contribution in [0.25, 0.3) is 0 Å². The minimum atomic E-state index is -3.68. The van der Waals surface area contributed by atoms with Gasteiger partial charge in [-0.15, -0.1) is 0 Å². The monoisotopic (exact) mass is 291 g/mol. The Bertz CT molecular complexity index is 480. The highest BCUT2D eigenvalue weighted by Gasteiger charge is 2.28. The standard InChI is InChI=1S/C12H21NO5S/c1-10(2)8-13(6-7-17-3)19(15,16)12-5-4-11(9-14)18-12/h4-5,10,14H,6-9H2,1-3H3. The Balaban J connectivity index is 2.96. The van der Waals surface area contributed by atoms with Crippen LogP contribution in [0.1, 0.15) is 19.6 Å². The van der Waals surface area contributed by atoms with Crippen LogP contribution in [0.3, 0.4) is 0 Å². The lowest BCUT2D eigenvalue weighted by atomic mass is 10.2. The molecule has 110 valence electrons. The van der Waals surface area contributed by atoms with E-state index in [1.807, 2.05) is 13.8 Å². The first-order valence-electron chi connectivity index (χ1n) is 6.10. The fourth-order valence-electron chi connectivity index (χ4n) is 1.62. The van der Waals surface area contributed by atoms with Gasteiger partial charge in [0.05, 0.1) is 6.61 Å². The molecule has 0 saturated carbocycles. The molecular weight excluding hydrogens is 270 g/mol. The van der Waals surface area contributed by atoms with Crippen LogP contribution in [0.2, 0.25) is 0 Å². The summed E-state index contributed by atoms with van der Waals surface area (Å²) in [5.41, 5.74) is 0. The second kappa shape index (κ2) is 7.04. The number of aliphatic hydroxyl groups excluding tert-OH is 1. The van der Waals surface area contributed by atoms with Crippen molar-refractivity contribution in [1.82, 2.24) is 4.31 Å². The highest BCUT2D eigenvalue weighted by molar-refractivity contribution is 7.89. The lowest BCUT2D eigenvalue weighted by molar-refractivity contribution is 0.174. The molecule has 0 amide bonds. The van der Waals surface area contributed by atoms with Gasteiger partial charge in [-0.25, -0.2) is 8.42 Å². The summed E-state index contributed by atoms with van der Waals surface area (Å²) in [4.78, 5) is 0. The molecule has 0 saturated heterocycles. The van der Waals surface area contributed by atoms with Gasteiger partial charge in [-0.05, 0) is 18.1 Å². The Morgan fingerprint density at radius 1 is 1.42 bits per heavy atom. The van der Waals surface area contributed by atoms with Crippen LogP contribution in [-0.2, 0) is 21.4 Å². The minimum absolute atomic E-state index is 0.145. The molecule has 0 bridgehead atoms. The van der Waals surface area contributed by atoms with Crippen molar-refractivity contribution in [2.24, 2.45) is 5.92 Å². The van der Waals surface area contributed by atoms with E-state index in [0.29, 0.717) is 13.2 Å². The van der Waals surface area contributed by atoms with Crippen LogP contribution in [0, 0.1) is 5.92 Å². The smallest absolute Gasteiger partial charge is 0.276 e. The van der Waals surface area contributed by atoms with Crippen molar-refractivity contribution < 1.29 is 22.7 Å². The molecule has 1 aromatic heterocycles. The summed E-state index contributed by atoms with van der Waals surface area (Å²) in [6, 6.07) is 2.82. The van der Waals surface area contributed by atoms with Crippen LogP contribution >= 0.6 is 0 Å². The summed E-state index contributed by atoms with van der Waals surface area (Å²) in [6.45, 7) is 4.54. The molecule has 0 aliphatic carbocycles. The molecule has 0 fully saturated rings. The third-order valence-electron chi connectivity index (χ3n) is 2.50. The number of hydrogen-bond acceptors (Lipinski definition) is 5. The van der Waals surface area contributed by atoms with Gasteiger partial charge in [-0.3, -0.25) is 0 Å². The van der Waals surface area contributed by atoms with Crippen LogP contribution in [0.5, 0.6) is 0 Å². The van der Waals surface area contributed by atoms with Crippen LogP contribution in [-0.4, -0.2) is 44.6 Å². The second-order valence-corrected chi connectivity index (χ2v) is 6.50. The van der Waals surface area contributed by atoms with Crippen molar-refractivity contribution in [3.63, 3.8) is 0 Å². The van der Waals surface area contributed by atoms with Gasteiger partial charge < -0.3 is 14.3 Å². The summed E-state index contributed by atoms with van der Waals surface area (Å²) in [7, 11) is -2.16. The lowest BCUT2D eigenvalue weighted by Crippen LogP contribution is -2.36. The predicted molar refractivity (Wildman–Crippen MR) is 70.1 cm³/mol. The Hall–Kier alpha value is -0.890. The number of ether oxygens (including phenoxy) is 1. The van der Waals surface area contributed by atoms with Gasteiger partial charge in [0, 0.05) is 20.2 Å². The summed E-state index contributed by atoms with van der Waals surface area (Å²) < 4.78 is 36.2. The number of sulfonamides is 1. The number of aliphatic hydroxyl groups is 1. The highest BCUT2D eigenvalue weighted by atomic mass is 32.2. The molecule has 0 aromatic carbocycles. The summed E-state index contributed by atoms with van der Waals surface area (Å²) in [6.07, 6.45) is 0. The molecule has 1 aromatic rings. The molecule has 0 atom stereocenters. The Kier molecular flexibility index (Phi) is 5.99. The van der Waals surface area contributed by atoms with E-state index in [1.165, 1.54) is 23.5 Å². The van der Waals surface area contributed by atoms with Crippen molar-refractivity contribution in [3.05, 3.63) is 17.9 Å². The lowest BCUT2D eigenvalue weighted by Gasteiger charge is -2.22. The molecule has 0 spiro atoms. The molecule has 1 rings (SSSR count). The summed E-state index contributed by atoms with van der Waals surface area (Å²) in [5.74, 6) is 0.425. The Morgan fingerprint density at radius 3 is 2.58 bits per heavy atom. The highest BCUT2D eigenvalue weighted by Crippen LogP contribution is 2.19. The van der Waals surface area contributed by atoms with E-state index in [9.17, 15) is 8.42 Å². The molecule has 0 unspecified atom stereocenters. The van der Waals surface area contributed by atoms with E-state index in [0.717, 1.165) is 0 Å². The van der Waals surface area contributed by atoms with E-state index in [1.54, 1.807) is 0 Å². The molecule has 7 heteroatoms. The van der Waals surface area contributed by atoms with E-state index >= 15 is 0 Å². The van der Waals surface area contributed by atoms with E-state index < -0.39 is 10.0 Å². The number of rotatable bonds is 8. The van der Waals surface area contributed by atoms with Gasteiger partial charge in [-0.2, -0.15) is 4.31 Å². The van der Waals surface area contributed by atoms with Crippen LogP contribution < -0.4 is 0 Å². The largest absolute Gasteiger partial charge is 0.446 e. The maximum atomic E-state index is 12.4. The van der Waals surface area contributed by atoms with Gasteiger partial charge in [0.25, 0.3) is 10.0 Å². The van der Waals surface area contributed by atoms with Crippen molar-refractivity contribution in [2.75, 3.05) is 26.8 Å². The second-order valence-electron chi connectivity index (χ2n) is 4.63. The zero-order chi connectivity index (χ0) is 14.5. The third-order valence-corrected chi connectivity index (χ3v) is 4.24. The molecule has 1 heterocycles. The number of hydrogen-bond donors (Lipinski definition) is 1. The van der Waals surface area contributed by atoms with Gasteiger partial charge in [0.1, 0.15) is 12.4 Å².